The Hall–Kier alpha value is -1.31. The quantitative estimate of drug-likeness (QED) is 0.821. The highest BCUT2D eigenvalue weighted by molar-refractivity contribution is 6.32. The van der Waals surface area contributed by atoms with E-state index in [2.05, 4.69) is 5.10 Å². The third-order valence-electron chi connectivity index (χ3n) is 2.36. The van der Waals surface area contributed by atoms with Gasteiger partial charge in [-0.1, -0.05) is 25.4 Å². The van der Waals surface area contributed by atoms with E-state index < -0.39 is 24.5 Å². The van der Waals surface area contributed by atoms with Crippen molar-refractivity contribution in [2.24, 2.45) is 5.92 Å². The van der Waals surface area contributed by atoms with Crippen molar-refractivity contribution >= 4 is 17.3 Å². The minimum absolute atomic E-state index is 0.137. The van der Waals surface area contributed by atoms with Crippen molar-refractivity contribution in [2.45, 2.75) is 32.7 Å². The number of nitrogens with one attached hydrogen (secondary N) is 1. The van der Waals surface area contributed by atoms with E-state index in [1.165, 1.54) is 0 Å². The Bertz CT molecular complexity index is 519. The second kappa shape index (κ2) is 6.43. The summed E-state index contributed by atoms with van der Waals surface area (Å²) in [6.07, 6.45) is -2.74. The molecule has 0 aliphatic heterocycles. The van der Waals surface area contributed by atoms with Crippen molar-refractivity contribution in [1.29, 1.82) is 0 Å². The summed E-state index contributed by atoms with van der Waals surface area (Å²) in [5.74, 6) is -4.07. The second-order valence-corrected chi connectivity index (χ2v) is 5.05. The molecule has 1 aromatic heterocycles. The average Bonchev–Trinajstić information content (AvgIpc) is 2.33. The molecule has 0 bridgehead atoms. The van der Waals surface area contributed by atoms with Crippen molar-refractivity contribution in [1.82, 2.24) is 9.78 Å². The Morgan fingerprint density at radius 3 is 2.55 bits per heavy atom. The molecule has 20 heavy (non-hydrogen) atoms. The molecule has 0 aromatic carbocycles. The van der Waals surface area contributed by atoms with E-state index in [1.54, 1.807) is 0 Å². The van der Waals surface area contributed by atoms with Gasteiger partial charge in [0.15, 0.2) is 0 Å². The molecule has 0 aliphatic rings. The molecule has 0 radical (unpaired) electrons. The lowest BCUT2D eigenvalue weighted by molar-refractivity contribution is -0.117. The molecule has 0 saturated carbocycles. The number of hydrogen-bond acceptors (Lipinski definition) is 3. The number of hydrogen-bond donors (Lipinski definition) is 1. The minimum Gasteiger partial charge on any atom is -0.376 e. The van der Waals surface area contributed by atoms with Gasteiger partial charge in [-0.05, 0) is 5.92 Å². The van der Waals surface area contributed by atoms with Crippen molar-refractivity contribution in [2.75, 3.05) is 11.9 Å². The van der Waals surface area contributed by atoms with E-state index in [0.29, 0.717) is 6.54 Å². The van der Waals surface area contributed by atoms with Gasteiger partial charge in [-0.25, -0.2) is 13.5 Å². The average molecular weight is 316 g/mol. The molecule has 0 unspecified atom stereocenters. The third-order valence-corrected chi connectivity index (χ3v) is 2.72. The van der Waals surface area contributed by atoms with E-state index in [-0.39, 0.29) is 16.6 Å². The molecule has 0 fully saturated rings. The monoisotopic (exact) mass is 315 g/mol. The number of aromatic nitrogens is 2. The van der Waals surface area contributed by atoms with Gasteiger partial charge in [-0.15, -0.1) is 0 Å². The first-order valence-electron chi connectivity index (χ1n) is 5.80. The molecule has 1 heterocycles. The van der Waals surface area contributed by atoms with Crippen molar-refractivity contribution < 1.29 is 17.6 Å². The summed E-state index contributed by atoms with van der Waals surface area (Å²) in [7, 11) is 0. The molecule has 1 aromatic rings. The fraction of sp³-hybridized carbons (Fsp3) is 0.636. The van der Waals surface area contributed by atoms with Crippen LogP contribution in [-0.4, -0.2) is 28.7 Å². The van der Waals surface area contributed by atoms with Crippen LogP contribution < -0.4 is 10.9 Å². The predicted octanol–water partition coefficient (Wildman–Crippen LogP) is 2.87. The highest BCUT2D eigenvalue weighted by Gasteiger charge is 2.40. The Balaban J connectivity index is 2.89. The summed E-state index contributed by atoms with van der Waals surface area (Å²) in [6.45, 7) is 2.69. The first-order valence-corrected chi connectivity index (χ1v) is 6.18. The lowest BCUT2D eigenvalue weighted by atomic mass is 10.2. The number of rotatable bonds is 6. The van der Waals surface area contributed by atoms with E-state index in [1.807, 2.05) is 19.2 Å². The predicted molar refractivity (Wildman–Crippen MR) is 67.8 cm³/mol. The van der Waals surface area contributed by atoms with Crippen LogP contribution in [0.25, 0.3) is 0 Å². The van der Waals surface area contributed by atoms with Crippen LogP contribution in [0.5, 0.6) is 0 Å². The Morgan fingerprint density at radius 2 is 2.05 bits per heavy atom. The van der Waals surface area contributed by atoms with E-state index >= 15 is 0 Å². The van der Waals surface area contributed by atoms with Crippen LogP contribution in [0.15, 0.2) is 11.0 Å². The third kappa shape index (κ3) is 4.09. The lowest BCUT2D eigenvalue weighted by Crippen LogP contribution is -2.35. The molecule has 0 atom stereocenters. The molecular weight excluding hydrogens is 302 g/mol. The van der Waals surface area contributed by atoms with Crippen LogP contribution in [0.4, 0.5) is 23.2 Å². The van der Waals surface area contributed by atoms with Gasteiger partial charge in [0, 0.05) is 6.54 Å². The maximum Gasteiger partial charge on any atom is 0.324 e. The smallest absolute Gasteiger partial charge is 0.324 e. The SMILES string of the molecule is CC(C)Cn1ncc(NCC(F)(F)C(F)F)c(Cl)c1=O. The second-order valence-electron chi connectivity index (χ2n) is 4.67. The van der Waals surface area contributed by atoms with Gasteiger partial charge in [0.25, 0.3) is 5.56 Å². The molecule has 114 valence electrons. The Morgan fingerprint density at radius 1 is 1.45 bits per heavy atom. The molecule has 0 aliphatic carbocycles. The van der Waals surface area contributed by atoms with Crippen molar-refractivity contribution in [3.8, 4) is 0 Å². The van der Waals surface area contributed by atoms with Gasteiger partial charge in [0.05, 0.1) is 18.4 Å². The van der Waals surface area contributed by atoms with Crippen LogP contribution in [0.2, 0.25) is 5.02 Å². The standard InChI is InChI=1S/C11H14ClF4N3O/c1-6(2)4-19-9(20)8(12)7(3-18-19)17-5-11(15,16)10(13)14/h3,6,10,17H,4-5H2,1-2H3. The molecule has 1 N–H and O–H groups in total. The number of halogens is 5. The summed E-state index contributed by atoms with van der Waals surface area (Å²) in [4.78, 5) is 11.8. The summed E-state index contributed by atoms with van der Waals surface area (Å²) in [6, 6.07) is 0. The molecule has 1 rings (SSSR count). The fourth-order valence-electron chi connectivity index (χ4n) is 1.35. The van der Waals surface area contributed by atoms with Crippen LogP contribution in [0.3, 0.4) is 0 Å². The van der Waals surface area contributed by atoms with Crippen molar-refractivity contribution in [3.63, 3.8) is 0 Å². The van der Waals surface area contributed by atoms with Gasteiger partial charge in [0.1, 0.15) is 5.02 Å². The Labute approximate surface area is 117 Å². The molecule has 0 saturated heterocycles. The first kappa shape index (κ1) is 16.7. The zero-order valence-corrected chi connectivity index (χ0v) is 11.6. The first-order chi connectivity index (χ1) is 9.15. The minimum atomic E-state index is -4.21. The summed E-state index contributed by atoms with van der Waals surface area (Å²) < 4.78 is 50.6. The van der Waals surface area contributed by atoms with Crippen LogP contribution >= 0.6 is 11.6 Å². The molecule has 9 heteroatoms. The van der Waals surface area contributed by atoms with Gasteiger partial charge >= 0.3 is 12.3 Å². The molecule has 0 amide bonds. The van der Waals surface area contributed by atoms with Gasteiger partial charge in [-0.2, -0.15) is 13.9 Å². The number of anilines is 1. The van der Waals surface area contributed by atoms with Crippen molar-refractivity contribution in [3.05, 3.63) is 21.6 Å². The van der Waals surface area contributed by atoms with Gasteiger partial charge in [0.2, 0.25) is 0 Å². The topological polar surface area (TPSA) is 46.9 Å². The molecule has 0 spiro atoms. The lowest BCUT2D eigenvalue weighted by Gasteiger charge is -2.17. The maximum atomic E-state index is 12.8. The maximum absolute atomic E-state index is 12.8. The largest absolute Gasteiger partial charge is 0.376 e. The van der Waals surface area contributed by atoms with Crippen LogP contribution in [0, 0.1) is 5.92 Å². The molecule has 4 nitrogen and oxygen atoms in total. The zero-order chi connectivity index (χ0) is 15.5. The summed E-state index contributed by atoms with van der Waals surface area (Å²) in [5, 5.41) is 5.41. The van der Waals surface area contributed by atoms with E-state index in [9.17, 15) is 22.4 Å². The summed E-state index contributed by atoms with van der Waals surface area (Å²) >= 11 is 5.72. The van der Waals surface area contributed by atoms with Crippen LogP contribution in [-0.2, 0) is 6.54 Å². The van der Waals surface area contributed by atoms with E-state index in [0.717, 1.165) is 10.9 Å². The number of nitrogens with zero attached hydrogens (tertiary/aromatic N) is 2. The highest BCUT2D eigenvalue weighted by Crippen LogP contribution is 2.24. The Kier molecular flexibility index (Phi) is 5.38. The van der Waals surface area contributed by atoms with Crippen LogP contribution in [0.1, 0.15) is 13.8 Å². The van der Waals surface area contributed by atoms with E-state index in [4.69, 9.17) is 11.6 Å². The van der Waals surface area contributed by atoms with Gasteiger partial charge in [-0.3, -0.25) is 4.79 Å². The summed E-state index contributed by atoms with van der Waals surface area (Å²) in [5.41, 5.74) is -0.859. The van der Waals surface area contributed by atoms with Gasteiger partial charge < -0.3 is 5.32 Å². The normalized spacial score (nSPS) is 12.2. The number of alkyl halides is 4. The highest BCUT2D eigenvalue weighted by atomic mass is 35.5. The molecular formula is C11H14ClF4N3O. The zero-order valence-electron chi connectivity index (χ0n) is 10.8. The fourth-order valence-corrected chi connectivity index (χ4v) is 1.57.